The number of aromatic nitrogens is 2. The van der Waals surface area contributed by atoms with Gasteiger partial charge in [-0.05, 0) is 36.6 Å². The van der Waals surface area contributed by atoms with Crippen molar-refractivity contribution in [1.82, 2.24) is 19.8 Å². The molecule has 2 aliphatic rings. The summed E-state index contributed by atoms with van der Waals surface area (Å²) in [6, 6.07) is 8.04. The minimum Gasteiger partial charge on any atom is -0.496 e. The molecular weight excluding hydrogens is 358 g/mol. The molecule has 0 bridgehead atoms. The van der Waals surface area contributed by atoms with Crippen molar-refractivity contribution in [2.75, 3.05) is 39.1 Å². The predicted molar refractivity (Wildman–Crippen MR) is 105 cm³/mol. The number of hydrogen-bond donors (Lipinski definition) is 1. The Morgan fingerprint density at radius 3 is 2.75 bits per heavy atom. The SMILES string of the molecule is COc1ccc(CN2CCC(N3CCOC3=O)CC2)cc1-c1nccc(N)n1. The van der Waals surface area contributed by atoms with Crippen LogP contribution in [-0.4, -0.2) is 65.3 Å². The number of piperidine rings is 1. The smallest absolute Gasteiger partial charge is 0.410 e. The van der Waals surface area contributed by atoms with Gasteiger partial charge in [0.1, 0.15) is 18.2 Å². The zero-order chi connectivity index (χ0) is 19.5. The fourth-order valence-corrected chi connectivity index (χ4v) is 3.92. The molecule has 8 nitrogen and oxygen atoms in total. The molecule has 2 N–H and O–H groups in total. The Bertz CT molecular complexity index is 851. The van der Waals surface area contributed by atoms with Gasteiger partial charge in [-0.25, -0.2) is 14.8 Å². The van der Waals surface area contributed by atoms with E-state index in [9.17, 15) is 4.79 Å². The second-order valence-corrected chi connectivity index (χ2v) is 7.15. The Morgan fingerprint density at radius 2 is 2.07 bits per heavy atom. The average Bonchev–Trinajstić information content (AvgIpc) is 3.14. The normalized spacial score (nSPS) is 18.3. The fraction of sp³-hybridized carbons (Fsp3) is 0.450. The number of carbonyl (C=O) groups is 1. The number of rotatable bonds is 5. The highest BCUT2D eigenvalue weighted by Gasteiger charge is 2.32. The minimum absolute atomic E-state index is 0.166. The molecule has 148 valence electrons. The molecule has 1 aromatic carbocycles. The maximum atomic E-state index is 11.8. The molecule has 1 amide bonds. The molecule has 0 unspecified atom stereocenters. The molecule has 28 heavy (non-hydrogen) atoms. The molecule has 1 aromatic heterocycles. The van der Waals surface area contributed by atoms with Crippen LogP contribution in [0.3, 0.4) is 0 Å². The number of anilines is 1. The second-order valence-electron chi connectivity index (χ2n) is 7.15. The van der Waals surface area contributed by atoms with E-state index in [1.165, 1.54) is 5.56 Å². The van der Waals surface area contributed by atoms with Crippen LogP contribution in [0.5, 0.6) is 5.75 Å². The van der Waals surface area contributed by atoms with Gasteiger partial charge in [0.05, 0.1) is 19.2 Å². The number of nitrogen functional groups attached to an aromatic ring is 1. The molecule has 2 fully saturated rings. The zero-order valence-corrected chi connectivity index (χ0v) is 16.0. The summed E-state index contributed by atoms with van der Waals surface area (Å²) in [6.45, 7) is 3.96. The van der Waals surface area contributed by atoms with Gasteiger partial charge < -0.3 is 20.1 Å². The highest BCUT2D eigenvalue weighted by Crippen LogP contribution is 2.30. The molecule has 0 radical (unpaired) electrons. The highest BCUT2D eigenvalue weighted by molar-refractivity contribution is 5.69. The van der Waals surface area contributed by atoms with Gasteiger partial charge in [-0.3, -0.25) is 4.90 Å². The van der Waals surface area contributed by atoms with E-state index < -0.39 is 0 Å². The summed E-state index contributed by atoms with van der Waals surface area (Å²) < 4.78 is 10.5. The van der Waals surface area contributed by atoms with Crippen LogP contribution in [0.4, 0.5) is 10.6 Å². The second kappa shape index (κ2) is 8.02. The van der Waals surface area contributed by atoms with Gasteiger partial charge in [0, 0.05) is 31.9 Å². The third kappa shape index (κ3) is 3.87. The van der Waals surface area contributed by atoms with Gasteiger partial charge in [0.25, 0.3) is 0 Å². The Balaban J connectivity index is 1.44. The van der Waals surface area contributed by atoms with E-state index in [4.69, 9.17) is 15.2 Å². The number of ether oxygens (including phenoxy) is 2. The van der Waals surface area contributed by atoms with Crippen molar-refractivity contribution in [3.8, 4) is 17.1 Å². The predicted octanol–water partition coefficient (Wildman–Crippen LogP) is 2.15. The summed E-state index contributed by atoms with van der Waals surface area (Å²) in [5.41, 5.74) is 7.82. The van der Waals surface area contributed by atoms with Crippen LogP contribution >= 0.6 is 0 Å². The number of benzene rings is 1. The van der Waals surface area contributed by atoms with Crippen LogP contribution in [0, 0.1) is 0 Å². The zero-order valence-electron chi connectivity index (χ0n) is 16.0. The minimum atomic E-state index is -0.166. The Kier molecular flexibility index (Phi) is 5.29. The Hall–Kier alpha value is -2.87. The first kappa shape index (κ1) is 18.5. The first-order valence-electron chi connectivity index (χ1n) is 9.55. The van der Waals surface area contributed by atoms with E-state index in [-0.39, 0.29) is 6.09 Å². The van der Waals surface area contributed by atoms with E-state index in [0.29, 0.717) is 30.8 Å². The molecule has 2 aromatic rings. The molecular formula is C20H25N5O3. The van der Waals surface area contributed by atoms with Crippen LogP contribution in [0.15, 0.2) is 30.5 Å². The summed E-state index contributed by atoms with van der Waals surface area (Å²) in [4.78, 5) is 24.7. The Morgan fingerprint density at radius 1 is 1.25 bits per heavy atom. The molecule has 0 saturated carbocycles. The van der Waals surface area contributed by atoms with Crippen molar-refractivity contribution in [3.05, 3.63) is 36.0 Å². The van der Waals surface area contributed by atoms with Gasteiger partial charge in [0.2, 0.25) is 0 Å². The van der Waals surface area contributed by atoms with Crippen LogP contribution in [0.25, 0.3) is 11.4 Å². The van der Waals surface area contributed by atoms with E-state index >= 15 is 0 Å². The van der Waals surface area contributed by atoms with Crippen LogP contribution in [-0.2, 0) is 11.3 Å². The Labute approximate surface area is 164 Å². The molecule has 2 aliphatic heterocycles. The molecule has 0 aliphatic carbocycles. The highest BCUT2D eigenvalue weighted by atomic mass is 16.6. The third-order valence-corrected chi connectivity index (χ3v) is 5.38. The van der Waals surface area contributed by atoms with Crippen molar-refractivity contribution < 1.29 is 14.3 Å². The summed E-state index contributed by atoms with van der Waals surface area (Å²) >= 11 is 0. The molecule has 2 saturated heterocycles. The number of carbonyl (C=O) groups excluding carboxylic acids is 1. The quantitative estimate of drug-likeness (QED) is 0.845. The van der Waals surface area contributed by atoms with E-state index in [0.717, 1.165) is 43.8 Å². The number of amides is 1. The van der Waals surface area contributed by atoms with Crippen molar-refractivity contribution in [1.29, 1.82) is 0 Å². The number of likely N-dealkylation sites (tertiary alicyclic amines) is 1. The summed E-state index contributed by atoms with van der Waals surface area (Å²) in [5.74, 6) is 1.71. The van der Waals surface area contributed by atoms with Crippen LogP contribution in [0.1, 0.15) is 18.4 Å². The largest absolute Gasteiger partial charge is 0.496 e. The summed E-state index contributed by atoms with van der Waals surface area (Å²) in [6.07, 6.45) is 3.42. The summed E-state index contributed by atoms with van der Waals surface area (Å²) in [7, 11) is 1.64. The first-order valence-corrected chi connectivity index (χ1v) is 9.55. The van der Waals surface area contributed by atoms with Crippen molar-refractivity contribution in [3.63, 3.8) is 0 Å². The lowest BCUT2D eigenvalue weighted by Gasteiger charge is -2.35. The van der Waals surface area contributed by atoms with E-state index in [2.05, 4.69) is 27.0 Å². The standard InChI is InChI=1S/C20H25N5O3/c1-27-17-3-2-14(12-16(17)19-22-7-4-18(21)23-19)13-24-8-5-15(6-9-24)25-10-11-28-20(25)26/h2-4,7,12,15H,5-6,8-11,13H2,1H3,(H2,21,22,23). The van der Waals surface area contributed by atoms with Crippen molar-refractivity contribution in [2.45, 2.75) is 25.4 Å². The molecule has 0 spiro atoms. The lowest BCUT2D eigenvalue weighted by atomic mass is 10.0. The van der Waals surface area contributed by atoms with Gasteiger partial charge in [0.15, 0.2) is 5.82 Å². The van der Waals surface area contributed by atoms with Crippen molar-refractivity contribution in [2.24, 2.45) is 0 Å². The topological polar surface area (TPSA) is 93.8 Å². The average molecular weight is 383 g/mol. The number of nitrogens with two attached hydrogens (primary N) is 1. The molecule has 8 heteroatoms. The van der Waals surface area contributed by atoms with Crippen molar-refractivity contribution >= 4 is 11.9 Å². The van der Waals surface area contributed by atoms with Gasteiger partial charge in [-0.2, -0.15) is 0 Å². The number of hydrogen-bond acceptors (Lipinski definition) is 7. The van der Waals surface area contributed by atoms with Crippen LogP contribution in [0.2, 0.25) is 0 Å². The van der Waals surface area contributed by atoms with Gasteiger partial charge in [-0.15, -0.1) is 0 Å². The number of methoxy groups -OCH3 is 1. The summed E-state index contributed by atoms with van der Waals surface area (Å²) in [5, 5.41) is 0. The van der Waals surface area contributed by atoms with Gasteiger partial charge in [-0.1, -0.05) is 6.07 Å². The maximum absolute atomic E-state index is 11.8. The van der Waals surface area contributed by atoms with E-state index in [1.807, 2.05) is 11.0 Å². The van der Waals surface area contributed by atoms with E-state index in [1.54, 1.807) is 19.4 Å². The molecule has 3 heterocycles. The molecule has 0 atom stereocenters. The lowest BCUT2D eigenvalue weighted by molar-refractivity contribution is 0.115. The first-order chi connectivity index (χ1) is 13.6. The lowest BCUT2D eigenvalue weighted by Crippen LogP contribution is -2.45. The number of nitrogens with zero attached hydrogens (tertiary/aromatic N) is 4. The van der Waals surface area contributed by atoms with Gasteiger partial charge >= 0.3 is 6.09 Å². The molecule has 4 rings (SSSR count). The monoisotopic (exact) mass is 383 g/mol. The van der Waals surface area contributed by atoms with Crippen LogP contribution < -0.4 is 10.5 Å². The number of cyclic esters (lactones) is 1. The fourth-order valence-electron chi connectivity index (χ4n) is 3.92. The maximum Gasteiger partial charge on any atom is 0.410 e. The third-order valence-electron chi connectivity index (χ3n) is 5.38.